The quantitative estimate of drug-likeness (QED) is 0.636. The molecular formula is C15H25FN4. The van der Waals surface area contributed by atoms with E-state index < -0.39 is 0 Å². The standard InChI is InChI=1S/C15H25FN4/c1-5-19(3)10-9-18-15(17-2)20(4)12-13-7-6-8-14(16)11-13/h6-8,11H,5,9-10,12H2,1-4H3,(H,17,18). The van der Waals surface area contributed by atoms with Gasteiger partial charge in [0, 0.05) is 33.7 Å². The first-order chi connectivity index (χ1) is 9.56. The minimum absolute atomic E-state index is 0.205. The number of nitrogens with zero attached hydrogens (tertiary/aromatic N) is 3. The van der Waals surface area contributed by atoms with Gasteiger partial charge in [0.1, 0.15) is 5.82 Å². The molecule has 0 unspecified atom stereocenters. The van der Waals surface area contributed by atoms with E-state index in [-0.39, 0.29) is 5.82 Å². The van der Waals surface area contributed by atoms with Gasteiger partial charge in [-0.2, -0.15) is 0 Å². The van der Waals surface area contributed by atoms with Crippen LogP contribution in [0.2, 0.25) is 0 Å². The molecule has 4 nitrogen and oxygen atoms in total. The van der Waals surface area contributed by atoms with Gasteiger partial charge in [-0.25, -0.2) is 4.39 Å². The average Bonchev–Trinajstić information content (AvgIpc) is 2.43. The summed E-state index contributed by atoms with van der Waals surface area (Å²) in [5.74, 6) is 0.613. The van der Waals surface area contributed by atoms with Crippen molar-refractivity contribution in [3.05, 3.63) is 35.6 Å². The lowest BCUT2D eigenvalue weighted by Gasteiger charge is -2.23. The number of benzene rings is 1. The number of hydrogen-bond acceptors (Lipinski definition) is 2. The Hall–Kier alpha value is -1.62. The molecule has 0 bridgehead atoms. The molecule has 0 radical (unpaired) electrons. The third-order valence-electron chi connectivity index (χ3n) is 3.20. The fourth-order valence-electron chi connectivity index (χ4n) is 1.89. The van der Waals surface area contributed by atoms with Crippen LogP contribution in [0.1, 0.15) is 12.5 Å². The molecule has 0 aliphatic heterocycles. The van der Waals surface area contributed by atoms with Gasteiger partial charge in [-0.1, -0.05) is 19.1 Å². The molecule has 112 valence electrons. The summed E-state index contributed by atoms with van der Waals surface area (Å²) in [6.07, 6.45) is 0. The van der Waals surface area contributed by atoms with Crippen LogP contribution in [0.4, 0.5) is 4.39 Å². The second-order valence-electron chi connectivity index (χ2n) is 4.86. The van der Waals surface area contributed by atoms with E-state index in [4.69, 9.17) is 0 Å². The Morgan fingerprint density at radius 1 is 1.35 bits per heavy atom. The lowest BCUT2D eigenvalue weighted by atomic mass is 10.2. The van der Waals surface area contributed by atoms with Crippen LogP contribution in [0, 0.1) is 5.82 Å². The number of likely N-dealkylation sites (N-methyl/N-ethyl adjacent to an activating group) is 1. The summed E-state index contributed by atoms with van der Waals surface area (Å²) in [6.45, 7) is 5.58. The van der Waals surface area contributed by atoms with Crippen LogP contribution >= 0.6 is 0 Å². The van der Waals surface area contributed by atoms with Gasteiger partial charge in [-0.05, 0) is 31.3 Å². The minimum atomic E-state index is -0.205. The molecule has 1 aromatic carbocycles. The zero-order valence-electron chi connectivity index (χ0n) is 12.9. The van der Waals surface area contributed by atoms with E-state index in [1.807, 2.05) is 18.0 Å². The molecule has 1 aromatic rings. The van der Waals surface area contributed by atoms with Gasteiger partial charge in [0.15, 0.2) is 5.96 Å². The lowest BCUT2D eigenvalue weighted by molar-refractivity contribution is 0.353. The molecule has 0 fully saturated rings. The molecule has 0 saturated heterocycles. The van der Waals surface area contributed by atoms with Crippen molar-refractivity contribution in [2.75, 3.05) is 40.8 Å². The van der Waals surface area contributed by atoms with E-state index in [0.29, 0.717) is 6.54 Å². The molecule has 5 heteroatoms. The van der Waals surface area contributed by atoms with E-state index in [9.17, 15) is 4.39 Å². The van der Waals surface area contributed by atoms with Crippen LogP contribution in [0.3, 0.4) is 0 Å². The summed E-state index contributed by atoms with van der Waals surface area (Å²) in [5.41, 5.74) is 0.932. The summed E-state index contributed by atoms with van der Waals surface area (Å²) in [5, 5.41) is 3.31. The average molecular weight is 280 g/mol. The summed E-state index contributed by atoms with van der Waals surface area (Å²) in [4.78, 5) is 8.46. The number of guanidine groups is 1. The minimum Gasteiger partial charge on any atom is -0.355 e. The first-order valence-electron chi connectivity index (χ1n) is 6.91. The summed E-state index contributed by atoms with van der Waals surface area (Å²) in [6, 6.07) is 6.65. The summed E-state index contributed by atoms with van der Waals surface area (Å²) >= 11 is 0. The van der Waals surface area contributed by atoms with Gasteiger partial charge in [0.05, 0.1) is 0 Å². The molecular weight excluding hydrogens is 255 g/mol. The molecule has 0 saturated carbocycles. The second kappa shape index (κ2) is 8.53. The maximum atomic E-state index is 13.2. The predicted octanol–water partition coefficient (Wildman–Crippen LogP) is 1.78. The van der Waals surface area contributed by atoms with Crippen molar-refractivity contribution in [1.82, 2.24) is 15.1 Å². The summed E-state index contributed by atoms with van der Waals surface area (Å²) < 4.78 is 13.2. The van der Waals surface area contributed by atoms with Gasteiger partial charge in [0.2, 0.25) is 0 Å². The van der Waals surface area contributed by atoms with Crippen molar-refractivity contribution < 1.29 is 4.39 Å². The largest absolute Gasteiger partial charge is 0.355 e. The second-order valence-corrected chi connectivity index (χ2v) is 4.86. The molecule has 0 spiro atoms. The maximum absolute atomic E-state index is 13.2. The van der Waals surface area contributed by atoms with E-state index in [1.54, 1.807) is 19.2 Å². The topological polar surface area (TPSA) is 30.9 Å². The van der Waals surface area contributed by atoms with Crippen LogP contribution in [0.15, 0.2) is 29.3 Å². The highest BCUT2D eigenvalue weighted by molar-refractivity contribution is 5.79. The first-order valence-corrected chi connectivity index (χ1v) is 6.91. The molecule has 0 amide bonds. The van der Waals surface area contributed by atoms with Crippen molar-refractivity contribution in [2.24, 2.45) is 4.99 Å². The van der Waals surface area contributed by atoms with Gasteiger partial charge < -0.3 is 15.1 Å². The van der Waals surface area contributed by atoms with Crippen LogP contribution in [-0.4, -0.2) is 56.5 Å². The van der Waals surface area contributed by atoms with Crippen LogP contribution in [-0.2, 0) is 6.54 Å². The molecule has 0 atom stereocenters. The molecule has 1 rings (SSSR count). The third kappa shape index (κ3) is 5.57. The zero-order chi connectivity index (χ0) is 15.0. The van der Waals surface area contributed by atoms with Gasteiger partial charge in [-0.3, -0.25) is 4.99 Å². The Morgan fingerprint density at radius 3 is 2.70 bits per heavy atom. The molecule has 0 aliphatic rings. The van der Waals surface area contributed by atoms with Crippen LogP contribution in [0.25, 0.3) is 0 Å². The normalized spacial score (nSPS) is 11.8. The monoisotopic (exact) mass is 280 g/mol. The smallest absolute Gasteiger partial charge is 0.193 e. The molecule has 0 aromatic heterocycles. The lowest BCUT2D eigenvalue weighted by Crippen LogP contribution is -2.41. The van der Waals surface area contributed by atoms with E-state index in [2.05, 4.69) is 29.2 Å². The zero-order valence-corrected chi connectivity index (χ0v) is 12.9. The maximum Gasteiger partial charge on any atom is 0.193 e. The highest BCUT2D eigenvalue weighted by atomic mass is 19.1. The number of nitrogens with one attached hydrogen (secondary N) is 1. The first kappa shape index (κ1) is 16.4. The van der Waals surface area contributed by atoms with Crippen molar-refractivity contribution in [3.63, 3.8) is 0 Å². The van der Waals surface area contributed by atoms with Crippen LogP contribution in [0.5, 0.6) is 0 Å². The van der Waals surface area contributed by atoms with Crippen molar-refractivity contribution in [1.29, 1.82) is 0 Å². The van der Waals surface area contributed by atoms with E-state index >= 15 is 0 Å². The Balaban J connectivity index is 2.49. The van der Waals surface area contributed by atoms with Crippen molar-refractivity contribution >= 4 is 5.96 Å². The van der Waals surface area contributed by atoms with Crippen molar-refractivity contribution in [3.8, 4) is 0 Å². The predicted molar refractivity (Wildman–Crippen MR) is 82.4 cm³/mol. The Kier molecular flexibility index (Phi) is 7.01. The van der Waals surface area contributed by atoms with E-state index in [0.717, 1.165) is 31.2 Å². The fraction of sp³-hybridized carbons (Fsp3) is 0.533. The van der Waals surface area contributed by atoms with Gasteiger partial charge >= 0.3 is 0 Å². The molecule has 0 heterocycles. The molecule has 1 N–H and O–H groups in total. The van der Waals surface area contributed by atoms with Gasteiger partial charge in [0.25, 0.3) is 0 Å². The Labute approximate surface area is 121 Å². The highest BCUT2D eigenvalue weighted by Gasteiger charge is 2.07. The van der Waals surface area contributed by atoms with Crippen LogP contribution < -0.4 is 5.32 Å². The third-order valence-corrected chi connectivity index (χ3v) is 3.20. The van der Waals surface area contributed by atoms with Crippen molar-refractivity contribution in [2.45, 2.75) is 13.5 Å². The number of rotatable bonds is 6. The Morgan fingerprint density at radius 2 is 2.10 bits per heavy atom. The Bertz CT molecular complexity index is 434. The highest BCUT2D eigenvalue weighted by Crippen LogP contribution is 2.06. The summed E-state index contributed by atoms with van der Waals surface area (Å²) in [7, 11) is 5.79. The SMILES string of the molecule is CCN(C)CCNC(=NC)N(C)Cc1cccc(F)c1. The number of halogens is 1. The molecule has 0 aliphatic carbocycles. The molecule has 20 heavy (non-hydrogen) atoms. The van der Waals surface area contributed by atoms with Gasteiger partial charge in [-0.15, -0.1) is 0 Å². The van der Waals surface area contributed by atoms with E-state index in [1.165, 1.54) is 6.07 Å². The number of hydrogen-bond donors (Lipinski definition) is 1. The fourth-order valence-corrected chi connectivity index (χ4v) is 1.89. The number of aliphatic imine (C=N–C) groups is 1.